The van der Waals surface area contributed by atoms with Gasteiger partial charge in [-0.15, -0.1) is 0 Å². The molecule has 5 nitrogen and oxygen atoms in total. The fourth-order valence-electron chi connectivity index (χ4n) is 3.39. The van der Waals surface area contributed by atoms with E-state index in [2.05, 4.69) is 10.4 Å². The summed E-state index contributed by atoms with van der Waals surface area (Å²) in [5, 5.41) is 9.13. The first-order chi connectivity index (χ1) is 15.0. The van der Waals surface area contributed by atoms with Gasteiger partial charge in [-0.3, -0.25) is 9.48 Å². The first-order valence-corrected chi connectivity index (χ1v) is 10.6. The molecular weight excluding hydrogens is 410 g/mol. The Labute approximate surface area is 186 Å². The van der Waals surface area contributed by atoms with Crippen molar-refractivity contribution in [2.45, 2.75) is 33.0 Å². The lowest BCUT2D eigenvalue weighted by Crippen LogP contribution is -2.22. The van der Waals surface area contributed by atoms with Gasteiger partial charge in [0.15, 0.2) is 0 Å². The van der Waals surface area contributed by atoms with Gasteiger partial charge >= 0.3 is 0 Å². The smallest absolute Gasteiger partial charge is 0.251 e. The van der Waals surface area contributed by atoms with E-state index in [1.807, 2.05) is 91.5 Å². The van der Waals surface area contributed by atoms with E-state index in [1.165, 1.54) is 0 Å². The summed E-state index contributed by atoms with van der Waals surface area (Å²) in [6.07, 6.45) is 1.94. The van der Waals surface area contributed by atoms with Crippen molar-refractivity contribution in [2.24, 2.45) is 0 Å². The maximum atomic E-state index is 12.7. The SMILES string of the molecule is CC(C)Oc1ccc(CNC(=O)c2ccc3cnn(Cc4cccc(Cl)c4)c3c2)cc1. The fourth-order valence-corrected chi connectivity index (χ4v) is 3.60. The van der Waals surface area contributed by atoms with E-state index < -0.39 is 0 Å². The van der Waals surface area contributed by atoms with Crippen LogP contribution in [0.5, 0.6) is 5.75 Å². The summed E-state index contributed by atoms with van der Waals surface area (Å²) < 4.78 is 7.53. The number of nitrogens with one attached hydrogen (secondary N) is 1. The number of hydrogen-bond acceptors (Lipinski definition) is 3. The lowest BCUT2D eigenvalue weighted by molar-refractivity contribution is 0.0951. The van der Waals surface area contributed by atoms with Crippen LogP contribution in [0, 0.1) is 0 Å². The topological polar surface area (TPSA) is 56.1 Å². The van der Waals surface area contributed by atoms with Crippen molar-refractivity contribution in [2.75, 3.05) is 0 Å². The van der Waals surface area contributed by atoms with Gasteiger partial charge in [0.05, 0.1) is 24.4 Å². The highest BCUT2D eigenvalue weighted by Gasteiger charge is 2.10. The Balaban J connectivity index is 1.45. The van der Waals surface area contributed by atoms with Gasteiger partial charge in [-0.05, 0) is 61.4 Å². The Morgan fingerprint density at radius 1 is 1.06 bits per heavy atom. The summed E-state index contributed by atoms with van der Waals surface area (Å²) in [5.41, 5.74) is 3.57. The molecule has 0 saturated carbocycles. The average Bonchev–Trinajstić information content (AvgIpc) is 3.14. The first kappa shape index (κ1) is 20.9. The highest BCUT2D eigenvalue weighted by Crippen LogP contribution is 2.19. The minimum Gasteiger partial charge on any atom is -0.491 e. The van der Waals surface area contributed by atoms with Crippen molar-refractivity contribution in [1.82, 2.24) is 15.1 Å². The molecule has 1 aromatic heterocycles. The predicted molar refractivity (Wildman–Crippen MR) is 124 cm³/mol. The molecule has 0 fully saturated rings. The standard InChI is InChI=1S/C25H24ClN3O2/c1-17(2)31-23-10-6-18(7-11-23)14-27-25(30)20-8-9-21-15-28-29(24(21)13-20)16-19-4-3-5-22(26)12-19/h3-13,15,17H,14,16H2,1-2H3,(H,27,30). The van der Waals surface area contributed by atoms with Crippen molar-refractivity contribution in [3.05, 3.63) is 94.6 Å². The number of carbonyl (C=O) groups excluding carboxylic acids is 1. The Bertz CT molecular complexity index is 1200. The number of ether oxygens (including phenoxy) is 1. The molecule has 31 heavy (non-hydrogen) atoms. The van der Waals surface area contributed by atoms with Crippen LogP contribution in [-0.2, 0) is 13.1 Å². The second-order valence-electron chi connectivity index (χ2n) is 7.70. The molecule has 0 radical (unpaired) electrons. The Morgan fingerprint density at radius 3 is 2.61 bits per heavy atom. The van der Waals surface area contributed by atoms with Crippen LogP contribution >= 0.6 is 11.6 Å². The normalized spacial score (nSPS) is 11.1. The molecule has 1 amide bonds. The molecule has 0 saturated heterocycles. The second kappa shape index (κ2) is 9.23. The molecule has 0 aliphatic carbocycles. The molecular formula is C25H24ClN3O2. The lowest BCUT2D eigenvalue weighted by atomic mass is 10.1. The van der Waals surface area contributed by atoms with Crippen LogP contribution in [0.4, 0.5) is 0 Å². The van der Waals surface area contributed by atoms with E-state index in [-0.39, 0.29) is 12.0 Å². The van der Waals surface area contributed by atoms with Crippen LogP contribution in [0.25, 0.3) is 10.9 Å². The van der Waals surface area contributed by atoms with E-state index in [4.69, 9.17) is 16.3 Å². The number of hydrogen-bond donors (Lipinski definition) is 1. The zero-order valence-electron chi connectivity index (χ0n) is 17.5. The minimum atomic E-state index is -0.125. The van der Waals surface area contributed by atoms with E-state index in [1.54, 1.807) is 0 Å². The predicted octanol–water partition coefficient (Wildman–Crippen LogP) is 5.46. The van der Waals surface area contributed by atoms with Gasteiger partial charge < -0.3 is 10.1 Å². The van der Waals surface area contributed by atoms with Crippen molar-refractivity contribution < 1.29 is 9.53 Å². The Kier molecular flexibility index (Phi) is 6.23. The fraction of sp³-hybridized carbons (Fsp3) is 0.200. The third-order valence-electron chi connectivity index (χ3n) is 4.88. The third-order valence-corrected chi connectivity index (χ3v) is 5.11. The molecule has 0 unspecified atom stereocenters. The highest BCUT2D eigenvalue weighted by molar-refractivity contribution is 6.30. The second-order valence-corrected chi connectivity index (χ2v) is 8.14. The molecule has 0 aliphatic heterocycles. The Hall–Kier alpha value is -3.31. The third kappa shape index (κ3) is 5.25. The summed E-state index contributed by atoms with van der Waals surface area (Å²) in [6.45, 7) is 5.01. The van der Waals surface area contributed by atoms with E-state index in [0.29, 0.717) is 23.7 Å². The number of carbonyl (C=O) groups is 1. The van der Waals surface area contributed by atoms with Gasteiger partial charge in [0.1, 0.15) is 5.75 Å². The maximum absolute atomic E-state index is 12.7. The van der Waals surface area contributed by atoms with Crippen LogP contribution in [0.1, 0.15) is 35.3 Å². The molecule has 4 aromatic rings. The first-order valence-electron chi connectivity index (χ1n) is 10.2. The number of benzene rings is 3. The zero-order valence-corrected chi connectivity index (χ0v) is 18.3. The van der Waals surface area contributed by atoms with Crippen LogP contribution in [-0.4, -0.2) is 21.8 Å². The summed E-state index contributed by atoms with van der Waals surface area (Å²) >= 11 is 6.10. The monoisotopic (exact) mass is 433 g/mol. The molecule has 0 aliphatic rings. The molecule has 1 N–H and O–H groups in total. The molecule has 1 heterocycles. The maximum Gasteiger partial charge on any atom is 0.251 e. The van der Waals surface area contributed by atoms with Crippen molar-refractivity contribution in [3.8, 4) is 5.75 Å². The molecule has 0 atom stereocenters. The van der Waals surface area contributed by atoms with E-state index in [0.717, 1.165) is 27.8 Å². The summed E-state index contributed by atoms with van der Waals surface area (Å²) in [4.78, 5) is 12.7. The molecule has 6 heteroatoms. The van der Waals surface area contributed by atoms with Crippen LogP contribution < -0.4 is 10.1 Å². The molecule has 0 spiro atoms. The number of nitrogens with zero attached hydrogens (tertiary/aromatic N) is 2. The number of rotatable bonds is 7. The summed E-state index contributed by atoms with van der Waals surface area (Å²) in [5.74, 6) is 0.698. The van der Waals surface area contributed by atoms with Crippen LogP contribution in [0.15, 0.2) is 72.9 Å². The number of aromatic nitrogens is 2. The van der Waals surface area contributed by atoms with Gasteiger partial charge in [0.25, 0.3) is 5.91 Å². The number of amides is 1. The summed E-state index contributed by atoms with van der Waals surface area (Å²) in [7, 11) is 0. The van der Waals surface area contributed by atoms with Crippen LogP contribution in [0.2, 0.25) is 5.02 Å². The molecule has 0 bridgehead atoms. The molecule has 4 rings (SSSR count). The van der Waals surface area contributed by atoms with Crippen LogP contribution in [0.3, 0.4) is 0 Å². The van der Waals surface area contributed by atoms with E-state index in [9.17, 15) is 4.79 Å². The van der Waals surface area contributed by atoms with Crippen molar-refractivity contribution in [3.63, 3.8) is 0 Å². The summed E-state index contributed by atoms with van der Waals surface area (Å²) in [6, 6.07) is 21.1. The largest absolute Gasteiger partial charge is 0.491 e. The van der Waals surface area contributed by atoms with Gasteiger partial charge in [-0.25, -0.2) is 0 Å². The van der Waals surface area contributed by atoms with Gasteiger partial charge in [-0.1, -0.05) is 41.9 Å². The average molecular weight is 434 g/mol. The molecule has 3 aromatic carbocycles. The van der Waals surface area contributed by atoms with Gasteiger partial charge in [0.2, 0.25) is 0 Å². The Morgan fingerprint density at radius 2 is 1.87 bits per heavy atom. The van der Waals surface area contributed by atoms with Gasteiger partial charge in [0, 0.05) is 22.5 Å². The number of halogens is 1. The van der Waals surface area contributed by atoms with Gasteiger partial charge in [-0.2, -0.15) is 5.10 Å². The van der Waals surface area contributed by atoms with E-state index >= 15 is 0 Å². The number of fused-ring (bicyclic) bond motifs is 1. The van der Waals surface area contributed by atoms with Crippen molar-refractivity contribution in [1.29, 1.82) is 0 Å². The lowest BCUT2D eigenvalue weighted by Gasteiger charge is -2.11. The minimum absolute atomic E-state index is 0.125. The zero-order chi connectivity index (χ0) is 21.8. The quantitative estimate of drug-likeness (QED) is 0.421. The molecule has 158 valence electrons. The van der Waals surface area contributed by atoms with Crippen molar-refractivity contribution >= 4 is 28.4 Å². The highest BCUT2D eigenvalue weighted by atomic mass is 35.5.